The maximum absolute atomic E-state index is 13.8. The van der Waals surface area contributed by atoms with Gasteiger partial charge in [0.2, 0.25) is 10.0 Å². The molecule has 5 nitrogen and oxygen atoms in total. The Balaban J connectivity index is 1.78. The van der Waals surface area contributed by atoms with Gasteiger partial charge in [-0.3, -0.25) is 4.79 Å². The van der Waals surface area contributed by atoms with E-state index < -0.39 is 28.0 Å². The van der Waals surface area contributed by atoms with Gasteiger partial charge in [-0.1, -0.05) is 66.2 Å². The fraction of sp³-hybridized carbons (Fsp3) is 0.269. The maximum Gasteiger partial charge on any atom is 0.308 e. The second kappa shape index (κ2) is 9.71. The number of benzene rings is 3. The zero-order valence-corrected chi connectivity index (χ0v) is 20.2. The van der Waals surface area contributed by atoms with Gasteiger partial charge in [0.05, 0.1) is 16.9 Å². The van der Waals surface area contributed by atoms with Crippen LogP contribution in [0.3, 0.4) is 0 Å². The second-order valence-corrected chi connectivity index (χ2v) is 11.6. The van der Waals surface area contributed by atoms with Gasteiger partial charge in [-0.15, -0.1) is 11.8 Å². The van der Waals surface area contributed by atoms with Crippen molar-refractivity contribution < 1.29 is 18.3 Å². The van der Waals surface area contributed by atoms with Crippen molar-refractivity contribution in [1.82, 2.24) is 4.31 Å². The first-order valence-electron chi connectivity index (χ1n) is 10.9. The summed E-state index contributed by atoms with van der Waals surface area (Å²) >= 11 is 1.51. The van der Waals surface area contributed by atoms with Crippen LogP contribution < -0.4 is 0 Å². The lowest BCUT2D eigenvalue weighted by molar-refractivity contribution is -0.143. The zero-order chi connectivity index (χ0) is 23.6. The number of carbonyl (C=O) groups is 1. The van der Waals surface area contributed by atoms with E-state index in [-0.39, 0.29) is 16.7 Å². The zero-order valence-electron chi connectivity index (χ0n) is 18.6. The molecular formula is C26H27NO4S2. The molecule has 0 aliphatic carbocycles. The lowest BCUT2D eigenvalue weighted by atomic mass is 9.90. The monoisotopic (exact) mass is 481 g/mol. The number of rotatable bonds is 6. The molecule has 4 rings (SSSR count). The molecule has 1 saturated heterocycles. The summed E-state index contributed by atoms with van der Waals surface area (Å²) in [7, 11) is -3.90. The molecule has 3 aromatic rings. The third-order valence-electron chi connectivity index (χ3n) is 6.12. The van der Waals surface area contributed by atoms with Crippen molar-refractivity contribution in [3.8, 4) is 0 Å². The fourth-order valence-electron chi connectivity index (χ4n) is 4.31. The Labute approximate surface area is 199 Å². The Morgan fingerprint density at radius 1 is 0.939 bits per heavy atom. The molecule has 0 bridgehead atoms. The quantitative estimate of drug-likeness (QED) is 0.517. The highest BCUT2D eigenvalue weighted by molar-refractivity contribution is 8.00. The molecule has 0 radical (unpaired) electrons. The summed E-state index contributed by atoms with van der Waals surface area (Å²) in [6.45, 7) is 3.68. The standard InChI is InChI=1S/C26H27NO4S2/c1-18-12-14-20(15-13-18)23-16-24(32-21-9-4-3-5-10-21)22(26(28)29)17-27(23)33(30,31)25-11-7-6-8-19(25)2/h3-15,22-24H,16-17H2,1-2H3,(H,28,29)/t22-,23+,24-/m1/s1. The molecule has 1 fully saturated rings. The molecule has 1 aliphatic heterocycles. The summed E-state index contributed by atoms with van der Waals surface area (Å²) in [5, 5.41) is 9.79. The molecule has 1 N–H and O–H groups in total. The first-order chi connectivity index (χ1) is 15.8. The van der Waals surface area contributed by atoms with Crippen LogP contribution in [0.25, 0.3) is 0 Å². The molecule has 0 amide bonds. The lowest BCUT2D eigenvalue weighted by Gasteiger charge is -2.42. The van der Waals surface area contributed by atoms with Crippen LogP contribution in [0, 0.1) is 19.8 Å². The Bertz CT molecular complexity index is 1230. The van der Waals surface area contributed by atoms with Gasteiger partial charge >= 0.3 is 5.97 Å². The van der Waals surface area contributed by atoms with Crippen molar-refractivity contribution in [3.05, 3.63) is 95.6 Å². The first kappa shape index (κ1) is 23.5. The summed E-state index contributed by atoms with van der Waals surface area (Å²) < 4.78 is 29.0. The van der Waals surface area contributed by atoms with Gasteiger partial charge in [-0.2, -0.15) is 4.31 Å². The van der Waals surface area contributed by atoms with Gasteiger partial charge in [0.25, 0.3) is 0 Å². The SMILES string of the molecule is Cc1ccc([C@@H]2C[C@@H](Sc3ccccc3)[C@H](C(=O)O)CN2S(=O)(=O)c2ccccc2C)cc1. The molecule has 3 aromatic carbocycles. The number of aliphatic carboxylic acids is 1. The molecule has 0 saturated carbocycles. The van der Waals surface area contributed by atoms with Gasteiger partial charge in [-0.05, 0) is 49.6 Å². The van der Waals surface area contributed by atoms with E-state index in [4.69, 9.17) is 0 Å². The molecule has 172 valence electrons. The Hall–Kier alpha value is -2.61. The smallest absolute Gasteiger partial charge is 0.308 e. The number of thioether (sulfide) groups is 1. The second-order valence-electron chi connectivity index (χ2n) is 8.42. The van der Waals surface area contributed by atoms with E-state index in [1.807, 2.05) is 61.5 Å². The summed E-state index contributed by atoms with van der Waals surface area (Å²) in [5.41, 5.74) is 2.61. The molecule has 1 heterocycles. The van der Waals surface area contributed by atoms with Crippen LogP contribution in [0.15, 0.2) is 88.7 Å². The fourth-order valence-corrected chi connectivity index (χ4v) is 7.50. The molecule has 7 heteroatoms. The van der Waals surface area contributed by atoms with Crippen LogP contribution in [0.4, 0.5) is 0 Å². The Morgan fingerprint density at radius 3 is 2.21 bits per heavy atom. The predicted octanol–water partition coefficient (Wildman–Crippen LogP) is 5.30. The minimum Gasteiger partial charge on any atom is -0.481 e. The maximum atomic E-state index is 13.8. The number of sulfonamides is 1. The highest BCUT2D eigenvalue weighted by atomic mass is 32.2. The van der Waals surface area contributed by atoms with Gasteiger partial charge in [0, 0.05) is 16.7 Å². The molecule has 1 aliphatic rings. The number of hydrogen-bond acceptors (Lipinski definition) is 4. The van der Waals surface area contributed by atoms with Crippen LogP contribution in [0.2, 0.25) is 0 Å². The van der Waals surface area contributed by atoms with Crippen molar-refractivity contribution >= 4 is 27.8 Å². The summed E-state index contributed by atoms with van der Waals surface area (Å²) in [6.07, 6.45) is 0.407. The molecule has 0 spiro atoms. The van der Waals surface area contributed by atoms with Gasteiger partial charge in [0.15, 0.2) is 0 Å². The molecule has 0 aromatic heterocycles. The van der Waals surface area contributed by atoms with Gasteiger partial charge in [-0.25, -0.2) is 8.42 Å². The average molecular weight is 482 g/mol. The minimum absolute atomic E-state index is 0.0744. The van der Waals surface area contributed by atoms with E-state index in [9.17, 15) is 18.3 Å². The number of nitrogens with zero attached hydrogens (tertiary/aromatic N) is 1. The first-order valence-corrected chi connectivity index (χ1v) is 13.2. The van der Waals surface area contributed by atoms with Crippen LogP contribution in [-0.4, -0.2) is 35.6 Å². The van der Waals surface area contributed by atoms with Crippen LogP contribution >= 0.6 is 11.8 Å². The molecule has 33 heavy (non-hydrogen) atoms. The largest absolute Gasteiger partial charge is 0.481 e. The molecule has 0 unspecified atom stereocenters. The van der Waals surface area contributed by atoms with Crippen molar-refractivity contribution in [2.45, 2.75) is 41.4 Å². The predicted molar refractivity (Wildman–Crippen MR) is 131 cm³/mol. The Kier molecular flexibility index (Phi) is 6.93. The number of aryl methyl sites for hydroxylation is 2. The van der Waals surface area contributed by atoms with E-state index in [0.29, 0.717) is 12.0 Å². The van der Waals surface area contributed by atoms with Crippen molar-refractivity contribution in [2.75, 3.05) is 6.54 Å². The topological polar surface area (TPSA) is 74.7 Å². The number of piperidine rings is 1. The molecular weight excluding hydrogens is 454 g/mol. The van der Waals surface area contributed by atoms with Crippen LogP contribution in [-0.2, 0) is 14.8 Å². The Morgan fingerprint density at radius 2 is 1.58 bits per heavy atom. The van der Waals surface area contributed by atoms with Crippen LogP contribution in [0.5, 0.6) is 0 Å². The lowest BCUT2D eigenvalue weighted by Crippen LogP contribution is -2.49. The van der Waals surface area contributed by atoms with Crippen LogP contribution in [0.1, 0.15) is 29.2 Å². The van der Waals surface area contributed by atoms with E-state index in [2.05, 4.69) is 0 Å². The third-order valence-corrected chi connectivity index (χ3v) is 9.52. The van der Waals surface area contributed by atoms with E-state index >= 15 is 0 Å². The average Bonchev–Trinajstić information content (AvgIpc) is 2.80. The van der Waals surface area contributed by atoms with Gasteiger partial charge in [0.1, 0.15) is 0 Å². The van der Waals surface area contributed by atoms with Crippen molar-refractivity contribution in [2.24, 2.45) is 5.92 Å². The summed E-state index contributed by atoms with van der Waals surface area (Å²) in [4.78, 5) is 13.5. The van der Waals surface area contributed by atoms with E-state index in [0.717, 1.165) is 16.0 Å². The summed E-state index contributed by atoms with van der Waals surface area (Å²) in [6, 6.07) is 23.9. The molecule has 3 atom stereocenters. The normalized spacial score (nSPS) is 21.6. The number of hydrogen-bond donors (Lipinski definition) is 1. The number of carboxylic acid groups (broad SMARTS) is 1. The minimum atomic E-state index is -3.90. The highest BCUT2D eigenvalue weighted by Crippen LogP contribution is 2.44. The van der Waals surface area contributed by atoms with E-state index in [1.54, 1.807) is 31.2 Å². The highest BCUT2D eigenvalue weighted by Gasteiger charge is 2.45. The third kappa shape index (κ3) is 5.00. The van der Waals surface area contributed by atoms with Gasteiger partial charge < -0.3 is 5.11 Å². The summed E-state index contributed by atoms with van der Waals surface area (Å²) in [5.74, 6) is -1.80. The number of carboxylic acids is 1. The van der Waals surface area contributed by atoms with Crippen molar-refractivity contribution in [3.63, 3.8) is 0 Å². The van der Waals surface area contributed by atoms with E-state index in [1.165, 1.54) is 16.1 Å². The van der Waals surface area contributed by atoms with Crippen molar-refractivity contribution in [1.29, 1.82) is 0 Å².